The zero-order valence-electron chi connectivity index (χ0n) is 9.86. The van der Waals surface area contributed by atoms with E-state index in [9.17, 15) is 4.39 Å². The first-order valence-corrected chi connectivity index (χ1v) is 5.76. The zero-order chi connectivity index (χ0) is 12.3. The quantitative estimate of drug-likeness (QED) is 0.882. The van der Waals surface area contributed by atoms with Gasteiger partial charge in [-0.15, -0.1) is 0 Å². The van der Waals surface area contributed by atoms with Crippen molar-refractivity contribution in [3.05, 3.63) is 42.0 Å². The van der Waals surface area contributed by atoms with Crippen molar-refractivity contribution < 1.29 is 4.39 Å². The van der Waals surface area contributed by atoms with Crippen LogP contribution in [0, 0.1) is 5.82 Å². The Hall–Kier alpha value is -1.68. The van der Waals surface area contributed by atoms with Crippen molar-refractivity contribution in [2.75, 3.05) is 0 Å². The molecular formula is C13H16FN3. The minimum absolute atomic E-state index is 0.259. The largest absolute Gasteiger partial charge is 0.331 e. The summed E-state index contributed by atoms with van der Waals surface area (Å²) in [5.74, 6) is 0.408. The second kappa shape index (κ2) is 5.10. The predicted octanol–water partition coefficient (Wildman–Crippen LogP) is 2.56. The lowest BCUT2D eigenvalue weighted by molar-refractivity contribution is 0.623. The predicted molar refractivity (Wildman–Crippen MR) is 65.8 cm³/mol. The number of hydrogen-bond acceptors (Lipinski definition) is 2. The van der Waals surface area contributed by atoms with E-state index in [1.807, 2.05) is 10.8 Å². The summed E-state index contributed by atoms with van der Waals surface area (Å²) in [4.78, 5) is 4.22. The molecule has 0 unspecified atom stereocenters. The van der Waals surface area contributed by atoms with Crippen molar-refractivity contribution in [3.63, 3.8) is 0 Å². The molecule has 0 aliphatic rings. The lowest BCUT2D eigenvalue weighted by atomic mass is 10.1. The van der Waals surface area contributed by atoms with E-state index in [1.165, 1.54) is 6.07 Å². The summed E-state index contributed by atoms with van der Waals surface area (Å²) in [6, 6.07) is 4.91. The third-order valence-corrected chi connectivity index (χ3v) is 2.69. The van der Waals surface area contributed by atoms with E-state index in [0.717, 1.165) is 18.5 Å². The number of aromatic nitrogens is 2. The maximum absolute atomic E-state index is 13.8. The van der Waals surface area contributed by atoms with Crippen LogP contribution in [0.5, 0.6) is 0 Å². The molecule has 2 N–H and O–H groups in total. The van der Waals surface area contributed by atoms with Gasteiger partial charge in [-0.05, 0) is 24.1 Å². The molecule has 17 heavy (non-hydrogen) atoms. The van der Waals surface area contributed by atoms with Crippen molar-refractivity contribution in [1.82, 2.24) is 9.55 Å². The molecule has 0 saturated heterocycles. The molecule has 4 heteroatoms. The van der Waals surface area contributed by atoms with E-state index in [1.54, 1.807) is 18.3 Å². The third kappa shape index (κ3) is 2.36. The Labute approximate surface area is 100 Å². The van der Waals surface area contributed by atoms with E-state index in [-0.39, 0.29) is 5.82 Å². The summed E-state index contributed by atoms with van der Waals surface area (Å²) >= 11 is 0. The third-order valence-electron chi connectivity index (χ3n) is 2.69. The fraction of sp³-hybridized carbons (Fsp3) is 0.308. The minimum atomic E-state index is -0.259. The molecule has 0 spiro atoms. The van der Waals surface area contributed by atoms with Crippen LogP contribution in [-0.4, -0.2) is 9.55 Å². The molecule has 1 aromatic heterocycles. The number of halogens is 1. The van der Waals surface area contributed by atoms with Gasteiger partial charge in [-0.25, -0.2) is 9.37 Å². The second-order valence-corrected chi connectivity index (χ2v) is 3.96. The molecule has 2 rings (SSSR count). The van der Waals surface area contributed by atoms with Crippen LogP contribution >= 0.6 is 0 Å². The van der Waals surface area contributed by atoms with Gasteiger partial charge in [0.25, 0.3) is 0 Å². The number of imidazole rings is 1. The zero-order valence-corrected chi connectivity index (χ0v) is 9.86. The Balaban J connectivity index is 2.47. The van der Waals surface area contributed by atoms with Gasteiger partial charge in [-0.3, -0.25) is 0 Å². The Morgan fingerprint density at radius 2 is 2.24 bits per heavy atom. The minimum Gasteiger partial charge on any atom is -0.331 e. The molecule has 90 valence electrons. The Kier molecular flexibility index (Phi) is 3.54. The Bertz CT molecular complexity index is 505. The number of rotatable bonds is 4. The number of nitrogens with zero attached hydrogens (tertiary/aromatic N) is 2. The lowest BCUT2D eigenvalue weighted by Gasteiger charge is -2.08. The molecule has 1 heterocycles. The first-order valence-electron chi connectivity index (χ1n) is 5.76. The van der Waals surface area contributed by atoms with Crippen LogP contribution in [-0.2, 0) is 13.1 Å². The summed E-state index contributed by atoms with van der Waals surface area (Å²) in [6.07, 6.45) is 4.55. The van der Waals surface area contributed by atoms with Gasteiger partial charge < -0.3 is 10.3 Å². The summed E-state index contributed by atoms with van der Waals surface area (Å²) < 4.78 is 15.8. The average molecular weight is 233 g/mol. The van der Waals surface area contributed by atoms with Crippen LogP contribution in [0.25, 0.3) is 11.4 Å². The van der Waals surface area contributed by atoms with E-state index < -0.39 is 0 Å². The summed E-state index contributed by atoms with van der Waals surface area (Å²) in [5.41, 5.74) is 7.00. The highest BCUT2D eigenvalue weighted by molar-refractivity contribution is 5.57. The van der Waals surface area contributed by atoms with E-state index in [0.29, 0.717) is 17.9 Å². The van der Waals surface area contributed by atoms with Gasteiger partial charge in [-0.2, -0.15) is 0 Å². The van der Waals surface area contributed by atoms with Crippen LogP contribution in [0.3, 0.4) is 0 Å². The fourth-order valence-electron chi connectivity index (χ4n) is 1.85. The molecule has 0 radical (unpaired) electrons. The van der Waals surface area contributed by atoms with Crippen molar-refractivity contribution in [2.24, 2.45) is 5.73 Å². The van der Waals surface area contributed by atoms with Crippen molar-refractivity contribution in [3.8, 4) is 11.4 Å². The Morgan fingerprint density at radius 3 is 2.94 bits per heavy atom. The van der Waals surface area contributed by atoms with Gasteiger partial charge in [0.2, 0.25) is 0 Å². The molecule has 0 saturated carbocycles. The second-order valence-electron chi connectivity index (χ2n) is 3.96. The highest BCUT2D eigenvalue weighted by Gasteiger charge is 2.11. The van der Waals surface area contributed by atoms with Crippen LogP contribution in [0.15, 0.2) is 30.6 Å². The van der Waals surface area contributed by atoms with Crippen LogP contribution in [0.2, 0.25) is 0 Å². The van der Waals surface area contributed by atoms with E-state index in [2.05, 4.69) is 11.9 Å². The van der Waals surface area contributed by atoms with Gasteiger partial charge in [0.05, 0.1) is 5.56 Å². The molecular weight excluding hydrogens is 217 g/mol. The highest BCUT2D eigenvalue weighted by atomic mass is 19.1. The van der Waals surface area contributed by atoms with Gasteiger partial charge in [0.15, 0.2) is 0 Å². The standard InChI is InChI=1S/C13H16FN3/c1-2-6-17-7-5-16-13(17)11-8-10(9-15)3-4-12(11)14/h3-5,7-8H,2,6,9,15H2,1H3. The number of aryl methyl sites for hydroxylation is 1. The molecule has 0 atom stereocenters. The Morgan fingerprint density at radius 1 is 1.41 bits per heavy atom. The SMILES string of the molecule is CCCn1ccnc1-c1cc(CN)ccc1F. The number of hydrogen-bond donors (Lipinski definition) is 1. The van der Waals surface area contributed by atoms with Crippen molar-refractivity contribution in [1.29, 1.82) is 0 Å². The van der Waals surface area contributed by atoms with E-state index in [4.69, 9.17) is 5.73 Å². The molecule has 0 aliphatic heterocycles. The van der Waals surface area contributed by atoms with Gasteiger partial charge >= 0.3 is 0 Å². The molecule has 0 aliphatic carbocycles. The normalized spacial score (nSPS) is 10.8. The molecule has 0 bridgehead atoms. The molecule has 0 amide bonds. The topological polar surface area (TPSA) is 43.8 Å². The monoisotopic (exact) mass is 233 g/mol. The maximum atomic E-state index is 13.8. The molecule has 0 fully saturated rings. The smallest absolute Gasteiger partial charge is 0.142 e. The molecule has 2 aromatic rings. The first kappa shape index (κ1) is 11.8. The van der Waals surface area contributed by atoms with Crippen LogP contribution < -0.4 is 5.73 Å². The summed E-state index contributed by atoms with van der Waals surface area (Å²) in [7, 11) is 0. The van der Waals surface area contributed by atoms with Crippen molar-refractivity contribution in [2.45, 2.75) is 26.4 Å². The summed E-state index contributed by atoms with van der Waals surface area (Å²) in [6.45, 7) is 3.32. The summed E-state index contributed by atoms with van der Waals surface area (Å²) in [5, 5.41) is 0. The van der Waals surface area contributed by atoms with Gasteiger partial charge in [0, 0.05) is 25.5 Å². The highest BCUT2D eigenvalue weighted by Crippen LogP contribution is 2.22. The lowest BCUT2D eigenvalue weighted by Crippen LogP contribution is -2.02. The van der Waals surface area contributed by atoms with Gasteiger partial charge in [0.1, 0.15) is 11.6 Å². The van der Waals surface area contributed by atoms with Crippen LogP contribution in [0.4, 0.5) is 4.39 Å². The number of nitrogens with two attached hydrogens (primary N) is 1. The van der Waals surface area contributed by atoms with Crippen LogP contribution in [0.1, 0.15) is 18.9 Å². The average Bonchev–Trinajstić information content (AvgIpc) is 2.78. The molecule has 3 nitrogen and oxygen atoms in total. The van der Waals surface area contributed by atoms with Gasteiger partial charge in [-0.1, -0.05) is 13.0 Å². The molecule has 1 aromatic carbocycles. The first-order chi connectivity index (χ1) is 8.26. The fourth-order valence-corrected chi connectivity index (χ4v) is 1.85. The van der Waals surface area contributed by atoms with Crippen molar-refractivity contribution >= 4 is 0 Å². The van der Waals surface area contributed by atoms with E-state index >= 15 is 0 Å². The maximum Gasteiger partial charge on any atom is 0.142 e. The number of benzene rings is 1.